The number of aryl methyl sites for hydroxylation is 1. The van der Waals surface area contributed by atoms with Gasteiger partial charge in [0.15, 0.2) is 0 Å². The van der Waals surface area contributed by atoms with Crippen LogP contribution in [0.2, 0.25) is 0 Å². The van der Waals surface area contributed by atoms with Gasteiger partial charge in [-0.15, -0.1) is 0 Å². The summed E-state index contributed by atoms with van der Waals surface area (Å²) in [7, 11) is 0. The summed E-state index contributed by atoms with van der Waals surface area (Å²) in [6.07, 6.45) is 0.345. The number of amides is 2. The molecule has 1 aromatic heterocycles. The molecule has 0 aliphatic carbocycles. The predicted molar refractivity (Wildman–Crippen MR) is 123 cm³/mol. The SMILES string of the molecule is Cc1nc(N2CCOCC2)[nH]c(=O)c1CCC(=O)Nc1ccccc1C(=O)NC(C)(C)C. The van der Waals surface area contributed by atoms with E-state index in [0.717, 1.165) is 0 Å². The Balaban J connectivity index is 1.66. The van der Waals surface area contributed by atoms with Gasteiger partial charge >= 0.3 is 0 Å². The van der Waals surface area contributed by atoms with Gasteiger partial charge in [-0.25, -0.2) is 4.98 Å². The molecule has 1 aliphatic heterocycles. The molecule has 32 heavy (non-hydrogen) atoms. The number of aromatic nitrogens is 2. The lowest BCUT2D eigenvalue weighted by molar-refractivity contribution is -0.116. The maximum atomic E-state index is 12.6. The smallest absolute Gasteiger partial charge is 0.255 e. The van der Waals surface area contributed by atoms with Crippen molar-refractivity contribution in [2.75, 3.05) is 36.5 Å². The lowest BCUT2D eigenvalue weighted by atomic mass is 10.1. The van der Waals surface area contributed by atoms with Crippen molar-refractivity contribution in [1.82, 2.24) is 15.3 Å². The van der Waals surface area contributed by atoms with E-state index in [1.165, 1.54) is 0 Å². The summed E-state index contributed by atoms with van der Waals surface area (Å²) in [6.45, 7) is 10.00. The Labute approximate surface area is 187 Å². The third kappa shape index (κ3) is 6.16. The Bertz CT molecular complexity index is 1040. The van der Waals surface area contributed by atoms with Crippen LogP contribution in [0.5, 0.6) is 0 Å². The molecule has 172 valence electrons. The second-order valence-corrected chi connectivity index (χ2v) is 8.85. The lowest BCUT2D eigenvalue weighted by Crippen LogP contribution is -2.40. The molecule has 0 unspecified atom stereocenters. The van der Waals surface area contributed by atoms with E-state index >= 15 is 0 Å². The molecule has 1 aromatic carbocycles. The number of H-pyrrole nitrogens is 1. The summed E-state index contributed by atoms with van der Waals surface area (Å²) in [6, 6.07) is 6.86. The fraction of sp³-hybridized carbons (Fsp3) is 0.478. The number of para-hydroxylation sites is 1. The summed E-state index contributed by atoms with van der Waals surface area (Å²) >= 11 is 0. The summed E-state index contributed by atoms with van der Waals surface area (Å²) in [4.78, 5) is 47.1. The highest BCUT2D eigenvalue weighted by molar-refractivity contribution is 6.04. The zero-order valence-electron chi connectivity index (χ0n) is 19.1. The largest absolute Gasteiger partial charge is 0.378 e. The molecule has 0 saturated carbocycles. The van der Waals surface area contributed by atoms with Crippen molar-refractivity contribution in [1.29, 1.82) is 0 Å². The van der Waals surface area contributed by atoms with Crippen LogP contribution in [0.1, 0.15) is 48.8 Å². The molecular weight excluding hydrogens is 410 g/mol. The molecule has 2 heterocycles. The molecule has 3 rings (SSSR count). The van der Waals surface area contributed by atoms with Crippen LogP contribution in [-0.2, 0) is 16.0 Å². The highest BCUT2D eigenvalue weighted by Gasteiger charge is 2.20. The van der Waals surface area contributed by atoms with Crippen molar-refractivity contribution in [2.24, 2.45) is 0 Å². The number of morpholine rings is 1. The third-order valence-corrected chi connectivity index (χ3v) is 5.06. The Kier molecular flexibility index (Phi) is 7.29. The maximum absolute atomic E-state index is 12.6. The minimum atomic E-state index is -0.396. The molecule has 0 atom stereocenters. The maximum Gasteiger partial charge on any atom is 0.255 e. The Morgan fingerprint density at radius 1 is 1.19 bits per heavy atom. The summed E-state index contributed by atoms with van der Waals surface area (Å²) in [5, 5.41) is 5.69. The summed E-state index contributed by atoms with van der Waals surface area (Å²) in [5.74, 6) is -0.0107. The molecule has 9 nitrogen and oxygen atoms in total. The standard InChI is InChI=1S/C23H31N5O4/c1-15-16(20(30)26-22(24-15)28-11-13-32-14-12-28)9-10-19(29)25-18-8-6-5-7-17(18)21(31)27-23(2,3)4/h5-8H,9-14H2,1-4H3,(H,25,29)(H,27,31)(H,24,26,30). The molecule has 9 heteroatoms. The van der Waals surface area contributed by atoms with Crippen LogP contribution in [0.15, 0.2) is 29.1 Å². The number of nitrogens with one attached hydrogen (secondary N) is 3. The molecule has 0 spiro atoms. The van der Waals surface area contributed by atoms with Gasteiger partial charge in [0.05, 0.1) is 24.5 Å². The number of nitrogens with zero attached hydrogens (tertiary/aromatic N) is 2. The van der Waals surface area contributed by atoms with Gasteiger partial charge in [-0.2, -0.15) is 0 Å². The fourth-order valence-electron chi connectivity index (χ4n) is 3.46. The molecule has 3 N–H and O–H groups in total. The normalized spacial score (nSPS) is 14.2. The summed E-state index contributed by atoms with van der Waals surface area (Å²) < 4.78 is 5.34. The van der Waals surface area contributed by atoms with E-state index in [2.05, 4.69) is 20.6 Å². The first kappa shape index (κ1) is 23.5. The van der Waals surface area contributed by atoms with Crippen molar-refractivity contribution in [3.63, 3.8) is 0 Å². The van der Waals surface area contributed by atoms with Crippen molar-refractivity contribution in [3.8, 4) is 0 Å². The molecular formula is C23H31N5O4. The van der Waals surface area contributed by atoms with Gasteiger partial charge in [0.2, 0.25) is 11.9 Å². The number of carbonyl (C=O) groups excluding carboxylic acids is 2. The average Bonchev–Trinajstić information content (AvgIpc) is 2.72. The first-order chi connectivity index (χ1) is 15.1. The van der Waals surface area contributed by atoms with Gasteiger partial charge in [0, 0.05) is 36.3 Å². The number of carbonyl (C=O) groups is 2. The van der Waals surface area contributed by atoms with Crippen LogP contribution in [0.3, 0.4) is 0 Å². The minimum Gasteiger partial charge on any atom is -0.378 e. The molecule has 2 aromatic rings. The van der Waals surface area contributed by atoms with Crippen LogP contribution in [0.4, 0.5) is 11.6 Å². The van der Waals surface area contributed by atoms with Gasteiger partial charge in [-0.1, -0.05) is 12.1 Å². The zero-order valence-corrected chi connectivity index (χ0v) is 19.1. The van der Waals surface area contributed by atoms with Crippen molar-refractivity contribution >= 4 is 23.5 Å². The van der Waals surface area contributed by atoms with Crippen molar-refractivity contribution in [3.05, 3.63) is 51.4 Å². The van der Waals surface area contributed by atoms with Crippen molar-refractivity contribution < 1.29 is 14.3 Å². The van der Waals surface area contributed by atoms with Gasteiger partial charge in [0.25, 0.3) is 11.5 Å². The minimum absolute atomic E-state index is 0.0950. The number of rotatable bonds is 6. The average molecular weight is 442 g/mol. The Morgan fingerprint density at radius 2 is 1.88 bits per heavy atom. The van der Waals surface area contributed by atoms with Gasteiger partial charge in [-0.3, -0.25) is 19.4 Å². The highest BCUT2D eigenvalue weighted by Crippen LogP contribution is 2.17. The summed E-state index contributed by atoms with van der Waals surface area (Å²) in [5.41, 5.74) is 1.28. The first-order valence-electron chi connectivity index (χ1n) is 10.8. The Hall–Kier alpha value is -3.20. The molecule has 0 bridgehead atoms. The molecule has 1 fully saturated rings. The second kappa shape index (κ2) is 9.95. The molecule has 2 amide bonds. The van der Waals surface area contributed by atoms with Crippen LogP contribution >= 0.6 is 0 Å². The van der Waals surface area contributed by atoms with Gasteiger partial charge in [0.1, 0.15) is 0 Å². The van der Waals surface area contributed by atoms with E-state index in [0.29, 0.717) is 54.8 Å². The van der Waals surface area contributed by atoms with Gasteiger partial charge < -0.3 is 20.3 Å². The molecule has 0 radical (unpaired) electrons. The van der Waals surface area contributed by atoms with E-state index < -0.39 is 5.54 Å². The van der Waals surface area contributed by atoms with E-state index in [1.807, 2.05) is 25.7 Å². The number of benzene rings is 1. The van der Waals surface area contributed by atoms with Crippen molar-refractivity contribution in [2.45, 2.75) is 46.1 Å². The number of hydrogen-bond acceptors (Lipinski definition) is 6. The topological polar surface area (TPSA) is 116 Å². The predicted octanol–water partition coefficient (Wildman–Crippen LogP) is 2.01. The van der Waals surface area contributed by atoms with E-state index in [1.54, 1.807) is 31.2 Å². The monoisotopic (exact) mass is 441 g/mol. The lowest BCUT2D eigenvalue weighted by Gasteiger charge is -2.27. The van der Waals surface area contributed by atoms with E-state index in [-0.39, 0.29) is 30.2 Å². The molecule has 1 saturated heterocycles. The van der Waals surface area contributed by atoms with Crippen LogP contribution in [0, 0.1) is 6.92 Å². The van der Waals surface area contributed by atoms with Gasteiger partial charge in [-0.05, 0) is 46.2 Å². The second-order valence-electron chi connectivity index (χ2n) is 8.85. The fourth-order valence-corrected chi connectivity index (χ4v) is 3.46. The number of hydrogen-bond donors (Lipinski definition) is 3. The highest BCUT2D eigenvalue weighted by atomic mass is 16.5. The number of anilines is 2. The van der Waals surface area contributed by atoms with E-state index in [9.17, 15) is 14.4 Å². The number of aromatic amines is 1. The first-order valence-corrected chi connectivity index (χ1v) is 10.8. The third-order valence-electron chi connectivity index (χ3n) is 5.06. The molecule has 1 aliphatic rings. The van der Waals surface area contributed by atoms with E-state index in [4.69, 9.17) is 4.74 Å². The van der Waals surface area contributed by atoms with Crippen LogP contribution in [-0.4, -0.2) is 53.6 Å². The Morgan fingerprint density at radius 3 is 2.53 bits per heavy atom. The quantitative estimate of drug-likeness (QED) is 0.632. The van der Waals surface area contributed by atoms with Crippen LogP contribution in [0.25, 0.3) is 0 Å². The zero-order chi connectivity index (χ0) is 23.3. The van der Waals surface area contributed by atoms with Crippen LogP contribution < -0.4 is 21.1 Å². The number of ether oxygens (including phenoxy) is 1.